The molecule has 5 heteroatoms. The number of carbonyl (C=O) groups is 1. The summed E-state index contributed by atoms with van der Waals surface area (Å²) in [6.07, 6.45) is 1.20. The van der Waals surface area contributed by atoms with Gasteiger partial charge >= 0.3 is 5.97 Å². The van der Waals surface area contributed by atoms with Gasteiger partial charge in [0.15, 0.2) is 0 Å². The van der Waals surface area contributed by atoms with Gasteiger partial charge in [0.2, 0.25) is 0 Å². The minimum absolute atomic E-state index is 0.371. The SMILES string of the molecule is O=C(ON=C(Cc1ccccc1)Cc1ccccc1)c1sc2ccccc2c1Cl. The number of halogens is 1. The van der Waals surface area contributed by atoms with Gasteiger partial charge in [-0.1, -0.05) is 95.6 Å². The predicted octanol–water partition coefficient (Wildman–Crippen LogP) is 6.55. The summed E-state index contributed by atoms with van der Waals surface area (Å²) >= 11 is 7.70. The third kappa shape index (κ3) is 4.73. The molecule has 0 fully saturated rings. The highest BCUT2D eigenvalue weighted by atomic mass is 35.5. The van der Waals surface area contributed by atoms with Crippen LogP contribution in [0.4, 0.5) is 0 Å². The van der Waals surface area contributed by atoms with Gasteiger partial charge in [-0.3, -0.25) is 0 Å². The summed E-state index contributed by atoms with van der Waals surface area (Å²) in [5.74, 6) is -0.533. The Bertz CT molecular complexity index is 1110. The van der Waals surface area contributed by atoms with Crippen molar-refractivity contribution in [2.24, 2.45) is 5.16 Å². The van der Waals surface area contributed by atoms with E-state index in [0.29, 0.717) is 22.7 Å². The molecule has 0 spiro atoms. The normalized spacial score (nSPS) is 10.7. The van der Waals surface area contributed by atoms with E-state index in [1.54, 1.807) is 0 Å². The lowest BCUT2D eigenvalue weighted by molar-refractivity contribution is 0.0521. The van der Waals surface area contributed by atoms with Crippen LogP contribution >= 0.6 is 22.9 Å². The Hall–Kier alpha value is -2.95. The third-order valence-corrected chi connectivity index (χ3v) is 6.14. The van der Waals surface area contributed by atoms with Crippen LogP contribution in [0, 0.1) is 0 Å². The first kappa shape index (κ1) is 19.4. The van der Waals surface area contributed by atoms with Gasteiger partial charge in [-0.15, -0.1) is 11.3 Å². The number of hydrogen-bond acceptors (Lipinski definition) is 4. The molecule has 0 amide bonds. The molecule has 0 aliphatic rings. The second-order valence-electron chi connectivity index (χ2n) is 6.60. The van der Waals surface area contributed by atoms with Crippen LogP contribution in [0.3, 0.4) is 0 Å². The van der Waals surface area contributed by atoms with E-state index in [2.05, 4.69) is 5.16 Å². The molecule has 0 N–H and O–H groups in total. The number of rotatable bonds is 6. The minimum atomic E-state index is -0.533. The molecule has 0 saturated heterocycles. The highest BCUT2D eigenvalue weighted by Gasteiger charge is 2.19. The Morgan fingerprint density at radius 1 is 0.828 bits per heavy atom. The van der Waals surface area contributed by atoms with Crippen molar-refractivity contribution in [2.75, 3.05) is 0 Å². The van der Waals surface area contributed by atoms with Crippen LogP contribution in [0.25, 0.3) is 10.1 Å². The van der Waals surface area contributed by atoms with Crippen LogP contribution in [-0.2, 0) is 17.7 Å². The van der Waals surface area contributed by atoms with Gasteiger partial charge in [0.1, 0.15) is 4.88 Å². The first-order chi connectivity index (χ1) is 14.2. The summed E-state index contributed by atoms with van der Waals surface area (Å²) in [6.45, 7) is 0. The average Bonchev–Trinajstić information content (AvgIpc) is 3.10. The zero-order chi connectivity index (χ0) is 20.1. The largest absolute Gasteiger partial charge is 0.377 e. The number of hydrogen-bond donors (Lipinski definition) is 0. The molecule has 0 bridgehead atoms. The van der Waals surface area contributed by atoms with Gasteiger partial charge < -0.3 is 4.84 Å². The maximum Gasteiger partial charge on any atom is 0.377 e. The Balaban J connectivity index is 1.57. The lowest BCUT2D eigenvalue weighted by Crippen LogP contribution is -2.10. The van der Waals surface area contributed by atoms with Gasteiger partial charge in [-0.05, 0) is 17.2 Å². The quantitative estimate of drug-likeness (QED) is 0.202. The summed E-state index contributed by atoms with van der Waals surface area (Å²) in [7, 11) is 0. The van der Waals surface area contributed by atoms with Crippen LogP contribution < -0.4 is 0 Å². The van der Waals surface area contributed by atoms with Crippen molar-refractivity contribution < 1.29 is 9.63 Å². The fraction of sp³-hybridized carbons (Fsp3) is 0.0833. The van der Waals surface area contributed by atoms with Crippen molar-refractivity contribution in [3.63, 3.8) is 0 Å². The van der Waals surface area contributed by atoms with Crippen molar-refractivity contribution in [3.8, 4) is 0 Å². The van der Waals surface area contributed by atoms with E-state index in [1.165, 1.54) is 11.3 Å². The molecule has 4 aromatic rings. The fourth-order valence-electron chi connectivity index (χ4n) is 3.08. The Kier molecular flexibility index (Phi) is 6.03. The molecule has 1 aromatic heterocycles. The monoisotopic (exact) mass is 419 g/mol. The molecule has 1 heterocycles. The molecule has 0 radical (unpaired) electrons. The summed E-state index contributed by atoms with van der Waals surface area (Å²) in [6, 6.07) is 27.7. The number of oxime groups is 1. The van der Waals surface area contributed by atoms with Crippen LogP contribution in [0.15, 0.2) is 90.1 Å². The molecule has 0 aliphatic carbocycles. The standard InChI is InChI=1S/C24H18ClNO2S/c25-22-20-13-7-8-14-21(20)29-23(22)24(27)28-26-19(15-17-9-3-1-4-10-17)16-18-11-5-2-6-12-18/h1-14H,15-16H2. The number of nitrogens with zero attached hydrogens (tertiary/aromatic N) is 1. The van der Waals surface area contributed by atoms with E-state index < -0.39 is 5.97 Å². The lowest BCUT2D eigenvalue weighted by atomic mass is 10.0. The van der Waals surface area contributed by atoms with Crippen molar-refractivity contribution in [2.45, 2.75) is 12.8 Å². The summed E-state index contributed by atoms with van der Waals surface area (Å²) in [4.78, 5) is 18.3. The van der Waals surface area contributed by atoms with E-state index in [9.17, 15) is 4.79 Å². The number of carbonyl (C=O) groups excluding carboxylic acids is 1. The molecule has 4 rings (SSSR count). The van der Waals surface area contributed by atoms with E-state index in [1.807, 2.05) is 84.9 Å². The summed E-state index contributed by atoms with van der Waals surface area (Å²) in [5, 5.41) is 5.48. The van der Waals surface area contributed by atoms with E-state index in [-0.39, 0.29) is 0 Å². The maximum atomic E-state index is 12.6. The van der Waals surface area contributed by atoms with Gasteiger partial charge in [0.25, 0.3) is 0 Å². The van der Waals surface area contributed by atoms with E-state index in [0.717, 1.165) is 26.9 Å². The molecule has 0 unspecified atom stereocenters. The average molecular weight is 420 g/mol. The van der Waals surface area contributed by atoms with Crippen molar-refractivity contribution in [3.05, 3.63) is 106 Å². The van der Waals surface area contributed by atoms with Crippen molar-refractivity contribution in [1.29, 1.82) is 0 Å². The molecule has 144 valence electrons. The molecular weight excluding hydrogens is 402 g/mol. The Morgan fingerprint density at radius 2 is 1.38 bits per heavy atom. The highest BCUT2D eigenvalue weighted by Crippen LogP contribution is 2.35. The predicted molar refractivity (Wildman–Crippen MR) is 120 cm³/mol. The van der Waals surface area contributed by atoms with Gasteiger partial charge in [-0.2, -0.15) is 0 Å². The smallest absolute Gasteiger partial charge is 0.312 e. The Labute approximate surface area is 178 Å². The zero-order valence-corrected chi connectivity index (χ0v) is 17.1. The lowest BCUT2D eigenvalue weighted by Gasteiger charge is -2.07. The van der Waals surface area contributed by atoms with Crippen LogP contribution in [-0.4, -0.2) is 11.7 Å². The number of thiophene rings is 1. The first-order valence-electron chi connectivity index (χ1n) is 9.22. The van der Waals surface area contributed by atoms with Crippen molar-refractivity contribution >= 4 is 44.7 Å². The molecule has 3 aromatic carbocycles. The summed E-state index contributed by atoms with van der Waals surface area (Å²) in [5.41, 5.74) is 2.99. The Morgan fingerprint density at radius 3 is 1.97 bits per heavy atom. The summed E-state index contributed by atoms with van der Waals surface area (Å²) < 4.78 is 0.947. The molecule has 3 nitrogen and oxygen atoms in total. The van der Waals surface area contributed by atoms with Crippen LogP contribution in [0.5, 0.6) is 0 Å². The zero-order valence-electron chi connectivity index (χ0n) is 15.5. The maximum absolute atomic E-state index is 12.6. The second-order valence-corrected chi connectivity index (χ2v) is 8.03. The molecule has 29 heavy (non-hydrogen) atoms. The van der Waals surface area contributed by atoms with E-state index >= 15 is 0 Å². The highest BCUT2D eigenvalue weighted by molar-refractivity contribution is 7.21. The molecule has 0 aliphatic heterocycles. The van der Waals surface area contributed by atoms with Gasteiger partial charge in [-0.25, -0.2) is 4.79 Å². The topological polar surface area (TPSA) is 38.7 Å². The van der Waals surface area contributed by atoms with Crippen molar-refractivity contribution in [1.82, 2.24) is 0 Å². The minimum Gasteiger partial charge on any atom is -0.312 e. The molecule has 0 saturated carbocycles. The van der Waals surface area contributed by atoms with E-state index in [4.69, 9.17) is 16.4 Å². The molecular formula is C24H18ClNO2S. The third-order valence-electron chi connectivity index (χ3n) is 4.48. The first-order valence-corrected chi connectivity index (χ1v) is 10.4. The van der Waals surface area contributed by atoms with Gasteiger partial charge in [0, 0.05) is 22.9 Å². The number of fused-ring (bicyclic) bond motifs is 1. The fourth-order valence-corrected chi connectivity index (χ4v) is 4.46. The number of benzene rings is 3. The van der Waals surface area contributed by atoms with Gasteiger partial charge in [0.05, 0.1) is 10.7 Å². The van der Waals surface area contributed by atoms with Crippen LogP contribution in [0.1, 0.15) is 20.8 Å². The second kappa shape index (κ2) is 9.03. The van der Waals surface area contributed by atoms with Crippen LogP contribution in [0.2, 0.25) is 5.02 Å². The molecule has 0 atom stereocenters.